The SMILES string of the molecule is CCCNC(=O)c1sc(NCC2CCN(C)C2)cc1N. The number of anilines is 2. The quantitative estimate of drug-likeness (QED) is 0.749. The molecule has 6 heteroatoms. The number of nitrogens with two attached hydrogens (primary N) is 1. The number of thiophene rings is 1. The predicted octanol–water partition coefficient (Wildman–Crippen LogP) is 1.83. The zero-order chi connectivity index (χ0) is 14.5. The molecule has 0 saturated carbocycles. The van der Waals surface area contributed by atoms with E-state index >= 15 is 0 Å². The number of likely N-dealkylation sites (tertiary alicyclic amines) is 1. The molecular formula is C14H24N4OS. The fourth-order valence-corrected chi connectivity index (χ4v) is 3.33. The highest BCUT2D eigenvalue weighted by Crippen LogP contribution is 2.29. The largest absolute Gasteiger partial charge is 0.397 e. The summed E-state index contributed by atoms with van der Waals surface area (Å²) in [4.78, 5) is 14.9. The van der Waals surface area contributed by atoms with Gasteiger partial charge in [-0.05, 0) is 38.4 Å². The molecule has 0 radical (unpaired) electrons. The molecular weight excluding hydrogens is 272 g/mol. The first kappa shape index (κ1) is 15.1. The average molecular weight is 296 g/mol. The Kier molecular flexibility index (Phi) is 5.25. The van der Waals surface area contributed by atoms with E-state index < -0.39 is 0 Å². The topological polar surface area (TPSA) is 70.4 Å². The second kappa shape index (κ2) is 6.95. The number of carbonyl (C=O) groups excluding carboxylic acids is 1. The molecule has 0 bridgehead atoms. The number of nitrogen functional groups attached to an aromatic ring is 1. The summed E-state index contributed by atoms with van der Waals surface area (Å²) in [5, 5.41) is 7.26. The highest BCUT2D eigenvalue weighted by Gasteiger charge is 2.20. The number of nitrogens with one attached hydrogen (secondary N) is 2. The van der Waals surface area contributed by atoms with Crippen LogP contribution in [0.4, 0.5) is 10.7 Å². The van der Waals surface area contributed by atoms with Crippen LogP contribution in [0.15, 0.2) is 6.07 Å². The van der Waals surface area contributed by atoms with Crippen LogP contribution in [0.1, 0.15) is 29.4 Å². The number of amides is 1. The van der Waals surface area contributed by atoms with Gasteiger partial charge in [0, 0.05) is 19.6 Å². The lowest BCUT2D eigenvalue weighted by Gasteiger charge is -2.11. The van der Waals surface area contributed by atoms with E-state index in [1.165, 1.54) is 24.3 Å². The highest BCUT2D eigenvalue weighted by atomic mass is 32.1. The molecule has 1 aliphatic rings. The molecule has 4 N–H and O–H groups in total. The van der Waals surface area contributed by atoms with Crippen molar-refractivity contribution >= 4 is 27.9 Å². The fourth-order valence-electron chi connectivity index (χ4n) is 2.43. The number of hydrogen-bond acceptors (Lipinski definition) is 5. The zero-order valence-corrected chi connectivity index (χ0v) is 13.1. The Morgan fingerprint density at radius 3 is 3.05 bits per heavy atom. The van der Waals surface area contributed by atoms with Gasteiger partial charge >= 0.3 is 0 Å². The third-order valence-corrected chi connectivity index (χ3v) is 4.66. The van der Waals surface area contributed by atoms with E-state index in [4.69, 9.17) is 5.73 Å². The van der Waals surface area contributed by atoms with E-state index in [0.717, 1.165) is 24.5 Å². The lowest BCUT2D eigenvalue weighted by Crippen LogP contribution is -2.23. The molecule has 1 fully saturated rings. The predicted molar refractivity (Wildman–Crippen MR) is 85.4 cm³/mol. The molecule has 5 nitrogen and oxygen atoms in total. The van der Waals surface area contributed by atoms with Crippen molar-refractivity contribution in [3.8, 4) is 0 Å². The Morgan fingerprint density at radius 2 is 2.40 bits per heavy atom. The van der Waals surface area contributed by atoms with E-state index in [1.54, 1.807) is 0 Å². The first-order chi connectivity index (χ1) is 9.60. The monoisotopic (exact) mass is 296 g/mol. The third-order valence-electron chi connectivity index (χ3n) is 3.56. The molecule has 1 aliphatic heterocycles. The summed E-state index contributed by atoms with van der Waals surface area (Å²) in [7, 11) is 2.15. The molecule has 1 amide bonds. The minimum absolute atomic E-state index is 0.0667. The summed E-state index contributed by atoms with van der Waals surface area (Å²) >= 11 is 1.44. The first-order valence-electron chi connectivity index (χ1n) is 7.20. The van der Waals surface area contributed by atoms with E-state index in [2.05, 4.69) is 22.6 Å². The third kappa shape index (κ3) is 3.86. The van der Waals surface area contributed by atoms with Crippen LogP contribution in [0, 0.1) is 5.92 Å². The Balaban J connectivity index is 1.88. The van der Waals surface area contributed by atoms with E-state index in [1.807, 2.05) is 13.0 Å². The van der Waals surface area contributed by atoms with Crippen molar-refractivity contribution in [1.82, 2.24) is 10.2 Å². The van der Waals surface area contributed by atoms with Crippen molar-refractivity contribution in [2.24, 2.45) is 5.92 Å². The molecule has 0 aliphatic carbocycles. The summed E-state index contributed by atoms with van der Waals surface area (Å²) in [5.74, 6) is 0.615. The maximum Gasteiger partial charge on any atom is 0.263 e. The normalized spacial score (nSPS) is 19.2. The summed E-state index contributed by atoms with van der Waals surface area (Å²) in [5.41, 5.74) is 6.49. The second-order valence-corrected chi connectivity index (χ2v) is 6.50. The van der Waals surface area contributed by atoms with Crippen LogP contribution in [0.2, 0.25) is 0 Å². The molecule has 1 aromatic heterocycles. The summed E-state index contributed by atoms with van der Waals surface area (Å²) in [6, 6.07) is 1.87. The maximum atomic E-state index is 11.9. The molecule has 20 heavy (non-hydrogen) atoms. The van der Waals surface area contributed by atoms with Gasteiger partial charge in [0.2, 0.25) is 0 Å². The zero-order valence-electron chi connectivity index (χ0n) is 12.2. The Morgan fingerprint density at radius 1 is 1.60 bits per heavy atom. The Bertz CT molecular complexity index is 460. The fraction of sp³-hybridized carbons (Fsp3) is 0.643. The highest BCUT2D eigenvalue weighted by molar-refractivity contribution is 7.18. The van der Waals surface area contributed by atoms with Gasteiger partial charge in [0.05, 0.1) is 10.7 Å². The van der Waals surface area contributed by atoms with Crippen LogP contribution < -0.4 is 16.4 Å². The van der Waals surface area contributed by atoms with Gasteiger partial charge in [-0.15, -0.1) is 11.3 Å². The van der Waals surface area contributed by atoms with Gasteiger partial charge in [-0.1, -0.05) is 6.92 Å². The van der Waals surface area contributed by atoms with Crippen LogP contribution in [-0.4, -0.2) is 44.0 Å². The Labute approximate surface area is 124 Å². The van der Waals surface area contributed by atoms with Gasteiger partial charge in [0.15, 0.2) is 0 Å². The first-order valence-corrected chi connectivity index (χ1v) is 8.01. The number of rotatable bonds is 6. The average Bonchev–Trinajstić information content (AvgIpc) is 2.99. The lowest BCUT2D eigenvalue weighted by atomic mass is 10.1. The molecule has 1 atom stereocenters. The van der Waals surface area contributed by atoms with Crippen molar-refractivity contribution in [3.63, 3.8) is 0 Å². The van der Waals surface area contributed by atoms with E-state index in [-0.39, 0.29) is 5.91 Å². The number of carbonyl (C=O) groups is 1. The smallest absolute Gasteiger partial charge is 0.263 e. The van der Waals surface area contributed by atoms with Crippen molar-refractivity contribution in [2.45, 2.75) is 19.8 Å². The second-order valence-electron chi connectivity index (χ2n) is 5.45. The number of hydrogen-bond donors (Lipinski definition) is 3. The van der Waals surface area contributed by atoms with E-state index in [0.29, 0.717) is 23.0 Å². The van der Waals surface area contributed by atoms with Crippen molar-refractivity contribution in [3.05, 3.63) is 10.9 Å². The van der Waals surface area contributed by atoms with Gasteiger partial charge in [-0.3, -0.25) is 4.79 Å². The van der Waals surface area contributed by atoms with Crippen LogP contribution in [-0.2, 0) is 0 Å². The van der Waals surface area contributed by atoms with Crippen molar-refractivity contribution in [1.29, 1.82) is 0 Å². The summed E-state index contributed by atoms with van der Waals surface area (Å²) < 4.78 is 0. The standard InChI is InChI=1S/C14H24N4OS/c1-3-5-16-14(19)13-11(15)7-12(20-13)17-8-10-4-6-18(2)9-10/h7,10,17H,3-6,8-9,15H2,1-2H3,(H,16,19). The van der Waals surface area contributed by atoms with Crippen molar-refractivity contribution in [2.75, 3.05) is 44.3 Å². The van der Waals surface area contributed by atoms with E-state index in [9.17, 15) is 4.79 Å². The summed E-state index contributed by atoms with van der Waals surface area (Å²) in [6.45, 7) is 5.97. The van der Waals surface area contributed by atoms with Crippen molar-refractivity contribution < 1.29 is 4.79 Å². The molecule has 112 valence electrons. The van der Waals surface area contributed by atoms with Gasteiger partial charge in [0.25, 0.3) is 5.91 Å². The molecule has 2 rings (SSSR count). The maximum absolute atomic E-state index is 11.9. The van der Waals surface area contributed by atoms with Gasteiger partial charge in [-0.2, -0.15) is 0 Å². The molecule has 0 aromatic carbocycles. The lowest BCUT2D eigenvalue weighted by molar-refractivity contribution is 0.0958. The summed E-state index contributed by atoms with van der Waals surface area (Å²) in [6.07, 6.45) is 2.16. The van der Waals surface area contributed by atoms with Gasteiger partial charge in [-0.25, -0.2) is 0 Å². The van der Waals surface area contributed by atoms with Crippen LogP contribution in [0.5, 0.6) is 0 Å². The van der Waals surface area contributed by atoms with Crippen LogP contribution >= 0.6 is 11.3 Å². The molecule has 0 spiro atoms. The minimum Gasteiger partial charge on any atom is -0.397 e. The number of nitrogens with zero attached hydrogens (tertiary/aromatic N) is 1. The van der Waals surface area contributed by atoms with Gasteiger partial charge in [0.1, 0.15) is 4.88 Å². The molecule has 1 aromatic rings. The Hall–Kier alpha value is -1.27. The molecule has 1 saturated heterocycles. The van der Waals surface area contributed by atoms with Crippen LogP contribution in [0.25, 0.3) is 0 Å². The molecule has 2 heterocycles. The van der Waals surface area contributed by atoms with Crippen LogP contribution in [0.3, 0.4) is 0 Å². The van der Waals surface area contributed by atoms with Gasteiger partial charge < -0.3 is 21.3 Å². The minimum atomic E-state index is -0.0667. The molecule has 1 unspecified atom stereocenters.